The SMILES string of the molecule is CCC(CNC(C)(C)C)C(=O)O. The quantitative estimate of drug-likeness (QED) is 0.677. The Morgan fingerprint density at radius 3 is 2.25 bits per heavy atom. The zero-order chi connectivity index (χ0) is 9.78. The Bertz CT molecular complexity index is 149. The second kappa shape index (κ2) is 4.45. The van der Waals surface area contributed by atoms with Crippen molar-refractivity contribution in [2.45, 2.75) is 39.7 Å². The lowest BCUT2D eigenvalue weighted by atomic mass is 10.0. The first-order chi connectivity index (χ1) is 5.37. The first-order valence-electron chi connectivity index (χ1n) is 4.34. The first kappa shape index (κ1) is 11.4. The Morgan fingerprint density at radius 1 is 1.50 bits per heavy atom. The van der Waals surface area contributed by atoms with Gasteiger partial charge in [-0.15, -0.1) is 0 Å². The normalized spacial score (nSPS) is 14.3. The highest BCUT2D eigenvalue weighted by Crippen LogP contribution is 2.04. The Kier molecular flexibility index (Phi) is 4.24. The Hall–Kier alpha value is -0.570. The van der Waals surface area contributed by atoms with Gasteiger partial charge in [0.1, 0.15) is 0 Å². The number of hydrogen-bond donors (Lipinski definition) is 2. The minimum atomic E-state index is -0.714. The standard InChI is InChI=1S/C9H19NO2/c1-5-7(8(11)12)6-10-9(2,3)4/h7,10H,5-6H2,1-4H3,(H,11,12). The number of rotatable bonds is 4. The molecular weight excluding hydrogens is 154 g/mol. The largest absolute Gasteiger partial charge is 0.481 e. The Labute approximate surface area is 74.2 Å². The van der Waals surface area contributed by atoms with Gasteiger partial charge >= 0.3 is 5.97 Å². The highest BCUT2D eigenvalue weighted by Gasteiger charge is 2.17. The maximum atomic E-state index is 10.6. The van der Waals surface area contributed by atoms with Gasteiger partial charge < -0.3 is 10.4 Å². The van der Waals surface area contributed by atoms with Crippen molar-refractivity contribution in [1.82, 2.24) is 5.32 Å². The molecule has 12 heavy (non-hydrogen) atoms. The van der Waals surface area contributed by atoms with Crippen molar-refractivity contribution >= 4 is 5.97 Å². The van der Waals surface area contributed by atoms with Crippen molar-refractivity contribution in [2.75, 3.05) is 6.54 Å². The summed E-state index contributed by atoms with van der Waals surface area (Å²) in [6.45, 7) is 8.53. The van der Waals surface area contributed by atoms with E-state index in [1.165, 1.54) is 0 Å². The van der Waals surface area contributed by atoms with Gasteiger partial charge in [0.2, 0.25) is 0 Å². The molecule has 3 nitrogen and oxygen atoms in total. The number of carboxylic acids is 1. The predicted molar refractivity (Wildman–Crippen MR) is 49.2 cm³/mol. The van der Waals surface area contributed by atoms with E-state index in [-0.39, 0.29) is 11.5 Å². The van der Waals surface area contributed by atoms with Crippen LogP contribution in [0.4, 0.5) is 0 Å². The molecule has 0 heterocycles. The zero-order valence-electron chi connectivity index (χ0n) is 8.35. The van der Waals surface area contributed by atoms with Crippen LogP contribution >= 0.6 is 0 Å². The third kappa shape index (κ3) is 5.13. The highest BCUT2D eigenvalue weighted by molar-refractivity contribution is 5.70. The molecule has 0 aliphatic carbocycles. The molecule has 0 aromatic heterocycles. The second-order valence-electron chi connectivity index (χ2n) is 4.07. The molecule has 0 aliphatic rings. The van der Waals surface area contributed by atoms with Crippen LogP contribution in [0.1, 0.15) is 34.1 Å². The van der Waals surface area contributed by atoms with Crippen LogP contribution < -0.4 is 5.32 Å². The summed E-state index contributed by atoms with van der Waals surface area (Å²) < 4.78 is 0. The van der Waals surface area contributed by atoms with E-state index in [2.05, 4.69) is 5.32 Å². The molecule has 0 aromatic rings. The molecule has 2 N–H and O–H groups in total. The molecule has 0 saturated carbocycles. The van der Waals surface area contributed by atoms with E-state index in [1.54, 1.807) is 0 Å². The molecule has 0 aromatic carbocycles. The predicted octanol–water partition coefficient (Wildman–Crippen LogP) is 1.49. The van der Waals surface area contributed by atoms with Crippen LogP contribution in [-0.2, 0) is 4.79 Å². The summed E-state index contributed by atoms with van der Waals surface area (Å²) in [6.07, 6.45) is 0.679. The van der Waals surface area contributed by atoms with Crippen LogP contribution in [0, 0.1) is 5.92 Å². The van der Waals surface area contributed by atoms with E-state index < -0.39 is 5.97 Å². The summed E-state index contributed by atoms with van der Waals surface area (Å²) in [5, 5.41) is 11.9. The van der Waals surface area contributed by atoms with Crippen LogP contribution in [0.3, 0.4) is 0 Å². The average molecular weight is 173 g/mol. The smallest absolute Gasteiger partial charge is 0.307 e. The van der Waals surface area contributed by atoms with E-state index in [4.69, 9.17) is 5.11 Å². The van der Waals surface area contributed by atoms with Gasteiger partial charge in [-0.1, -0.05) is 6.92 Å². The monoisotopic (exact) mass is 173 g/mol. The lowest BCUT2D eigenvalue weighted by molar-refractivity contribution is -0.141. The number of aliphatic carboxylic acids is 1. The molecule has 0 radical (unpaired) electrons. The fraction of sp³-hybridized carbons (Fsp3) is 0.889. The van der Waals surface area contributed by atoms with Gasteiger partial charge in [-0.25, -0.2) is 0 Å². The molecule has 0 spiro atoms. The lowest BCUT2D eigenvalue weighted by Gasteiger charge is -2.22. The van der Waals surface area contributed by atoms with Gasteiger partial charge in [0.05, 0.1) is 5.92 Å². The summed E-state index contributed by atoms with van der Waals surface area (Å²) in [7, 11) is 0. The highest BCUT2D eigenvalue weighted by atomic mass is 16.4. The zero-order valence-corrected chi connectivity index (χ0v) is 8.35. The average Bonchev–Trinajstić information content (AvgIpc) is 1.85. The van der Waals surface area contributed by atoms with E-state index in [0.717, 1.165) is 0 Å². The van der Waals surface area contributed by atoms with E-state index in [0.29, 0.717) is 13.0 Å². The number of nitrogens with one attached hydrogen (secondary N) is 1. The molecule has 0 saturated heterocycles. The van der Waals surface area contributed by atoms with E-state index in [1.807, 2.05) is 27.7 Å². The number of carboxylic acid groups (broad SMARTS) is 1. The summed E-state index contributed by atoms with van der Waals surface area (Å²) in [6, 6.07) is 0. The first-order valence-corrected chi connectivity index (χ1v) is 4.34. The van der Waals surface area contributed by atoms with Crippen LogP contribution in [0.15, 0.2) is 0 Å². The third-order valence-corrected chi connectivity index (χ3v) is 1.72. The van der Waals surface area contributed by atoms with E-state index >= 15 is 0 Å². The second-order valence-corrected chi connectivity index (χ2v) is 4.07. The topological polar surface area (TPSA) is 49.3 Å². The van der Waals surface area contributed by atoms with Crippen LogP contribution in [0.2, 0.25) is 0 Å². The molecule has 0 fully saturated rings. The summed E-state index contributed by atoms with van der Waals surface area (Å²) in [5.41, 5.74) is 0.00285. The van der Waals surface area contributed by atoms with Gasteiger partial charge in [-0.3, -0.25) is 4.79 Å². The van der Waals surface area contributed by atoms with E-state index in [9.17, 15) is 4.79 Å². The molecular formula is C9H19NO2. The van der Waals surface area contributed by atoms with Crippen LogP contribution in [0.25, 0.3) is 0 Å². The molecule has 0 amide bonds. The van der Waals surface area contributed by atoms with Crippen molar-refractivity contribution in [3.05, 3.63) is 0 Å². The lowest BCUT2D eigenvalue weighted by Crippen LogP contribution is -2.40. The summed E-state index contributed by atoms with van der Waals surface area (Å²) in [5.74, 6) is -0.974. The fourth-order valence-electron chi connectivity index (χ4n) is 0.836. The molecule has 1 unspecified atom stereocenters. The number of carbonyl (C=O) groups is 1. The molecule has 3 heteroatoms. The minimum Gasteiger partial charge on any atom is -0.481 e. The minimum absolute atomic E-state index is 0.00285. The Morgan fingerprint density at radius 2 is 2.00 bits per heavy atom. The Balaban J connectivity index is 3.81. The fourth-order valence-corrected chi connectivity index (χ4v) is 0.836. The van der Waals surface area contributed by atoms with Gasteiger partial charge in [-0.2, -0.15) is 0 Å². The summed E-state index contributed by atoms with van der Waals surface area (Å²) in [4.78, 5) is 10.6. The van der Waals surface area contributed by atoms with Crippen molar-refractivity contribution in [2.24, 2.45) is 5.92 Å². The third-order valence-electron chi connectivity index (χ3n) is 1.72. The molecule has 1 atom stereocenters. The molecule has 72 valence electrons. The maximum absolute atomic E-state index is 10.6. The van der Waals surface area contributed by atoms with Crippen LogP contribution in [-0.4, -0.2) is 23.2 Å². The van der Waals surface area contributed by atoms with Gasteiger partial charge in [0.25, 0.3) is 0 Å². The van der Waals surface area contributed by atoms with Crippen molar-refractivity contribution < 1.29 is 9.90 Å². The molecule has 0 rings (SSSR count). The maximum Gasteiger partial charge on any atom is 0.307 e. The van der Waals surface area contributed by atoms with Crippen LogP contribution in [0.5, 0.6) is 0 Å². The van der Waals surface area contributed by atoms with Gasteiger partial charge in [0, 0.05) is 12.1 Å². The molecule has 0 aliphatic heterocycles. The molecule has 0 bridgehead atoms. The van der Waals surface area contributed by atoms with Crippen molar-refractivity contribution in [3.8, 4) is 0 Å². The van der Waals surface area contributed by atoms with Gasteiger partial charge in [0.15, 0.2) is 0 Å². The van der Waals surface area contributed by atoms with Gasteiger partial charge in [-0.05, 0) is 27.2 Å². The van der Waals surface area contributed by atoms with Crippen molar-refractivity contribution in [1.29, 1.82) is 0 Å². The number of hydrogen-bond acceptors (Lipinski definition) is 2. The summed E-state index contributed by atoms with van der Waals surface area (Å²) >= 11 is 0. The van der Waals surface area contributed by atoms with Crippen molar-refractivity contribution in [3.63, 3.8) is 0 Å².